The van der Waals surface area contributed by atoms with E-state index < -0.39 is 29.8 Å². The molecule has 2 nitrogen and oxygen atoms in total. The van der Waals surface area contributed by atoms with Crippen molar-refractivity contribution in [2.24, 2.45) is 11.7 Å². The van der Waals surface area contributed by atoms with E-state index in [0.29, 0.717) is 5.56 Å². The van der Waals surface area contributed by atoms with Crippen LogP contribution >= 0.6 is 0 Å². The van der Waals surface area contributed by atoms with Gasteiger partial charge in [-0.3, -0.25) is 0 Å². The van der Waals surface area contributed by atoms with E-state index in [1.807, 2.05) is 0 Å². The highest BCUT2D eigenvalue weighted by atomic mass is 19.4. The first-order valence-electron chi connectivity index (χ1n) is 6.21. The Balaban J connectivity index is 2.14. The van der Waals surface area contributed by atoms with E-state index in [4.69, 9.17) is 5.73 Å². The molecule has 1 saturated carbocycles. The van der Waals surface area contributed by atoms with Crippen molar-refractivity contribution in [3.05, 3.63) is 29.3 Å². The maximum absolute atomic E-state index is 13.8. The van der Waals surface area contributed by atoms with Gasteiger partial charge in [0.05, 0.1) is 5.92 Å². The molecule has 1 aromatic carbocycles. The fourth-order valence-electron chi connectivity index (χ4n) is 2.43. The Hall–Kier alpha value is -1.37. The summed E-state index contributed by atoms with van der Waals surface area (Å²) in [6.45, 7) is -0.00257. The SMILES string of the molecule is CN(c1c(F)cc(CN)cc1F)[C@H]1C[C@@H](C(F)(F)F)C1. The quantitative estimate of drug-likeness (QED) is 0.867. The van der Waals surface area contributed by atoms with Crippen LogP contribution in [0.2, 0.25) is 0 Å². The van der Waals surface area contributed by atoms with Crippen LogP contribution < -0.4 is 10.6 Å². The van der Waals surface area contributed by atoms with Gasteiger partial charge in [0, 0.05) is 19.6 Å². The molecule has 0 aromatic heterocycles. The van der Waals surface area contributed by atoms with Gasteiger partial charge in [0.25, 0.3) is 0 Å². The molecule has 0 atom stereocenters. The van der Waals surface area contributed by atoms with Crippen molar-refractivity contribution in [2.75, 3.05) is 11.9 Å². The molecule has 0 radical (unpaired) electrons. The zero-order valence-corrected chi connectivity index (χ0v) is 10.8. The number of nitrogens with zero attached hydrogens (tertiary/aromatic N) is 1. The van der Waals surface area contributed by atoms with E-state index >= 15 is 0 Å². The van der Waals surface area contributed by atoms with Crippen molar-refractivity contribution >= 4 is 5.69 Å². The van der Waals surface area contributed by atoms with E-state index in [-0.39, 0.29) is 25.1 Å². The molecule has 7 heteroatoms. The standard InChI is InChI=1S/C13H15F5N2/c1-20(9-4-8(5-9)13(16,17)18)12-10(14)2-7(6-19)3-11(12)15/h2-3,8-9H,4-6,19H2,1H3/t8-,9+. The summed E-state index contributed by atoms with van der Waals surface area (Å²) in [5.41, 5.74) is 5.31. The molecular formula is C13H15F5N2. The Morgan fingerprint density at radius 3 is 2.10 bits per heavy atom. The lowest BCUT2D eigenvalue weighted by Crippen LogP contribution is -2.48. The Morgan fingerprint density at radius 2 is 1.70 bits per heavy atom. The second kappa shape index (κ2) is 5.20. The molecule has 0 saturated heterocycles. The molecule has 0 spiro atoms. The van der Waals surface area contributed by atoms with Crippen molar-refractivity contribution < 1.29 is 22.0 Å². The van der Waals surface area contributed by atoms with Gasteiger partial charge in [-0.15, -0.1) is 0 Å². The van der Waals surface area contributed by atoms with Crippen LogP contribution in [0.3, 0.4) is 0 Å². The number of halogens is 5. The molecule has 112 valence electrons. The van der Waals surface area contributed by atoms with Crippen LogP contribution in [0.15, 0.2) is 12.1 Å². The highest BCUT2D eigenvalue weighted by molar-refractivity contribution is 5.51. The van der Waals surface area contributed by atoms with E-state index in [2.05, 4.69) is 0 Å². The van der Waals surface area contributed by atoms with Crippen LogP contribution in [0.4, 0.5) is 27.6 Å². The van der Waals surface area contributed by atoms with Crippen LogP contribution in [-0.2, 0) is 6.54 Å². The fourth-order valence-corrected chi connectivity index (χ4v) is 2.43. The van der Waals surface area contributed by atoms with E-state index in [9.17, 15) is 22.0 Å². The first-order chi connectivity index (χ1) is 9.24. The third-order valence-corrected chi connectivity index (χ3v) is 3.79. The van der Waals surface area contributed by atoms with Gasteiger partial charge < -0.3 is 10.6 Å². The number of benzene rings is 1. The van der Waals surface area contributed by atoms with E-state index in [0.717, 1.165) is 12.1 Å². The van der Waals surface area contributed by atoms with Crippen molar-refractivity contribution in [1.82, 2.24) is 0 Å². The van der Waals surface area contributed by atoms with Gasteiger partial charge in [-0.05, 0) is 30.5 Å². The van der Waals surface area contributed by atoms with Crippen LogP contribution in [0.5, 0.6) is 0 Å². The summed E-state index contributed by atoms with van der Waals surface area (Å²) in [5.74, 6) is -2.99. The number of hydrogen-bond acceptors (Lipinski definition) is 2. The molecule has 1 aromatic rings. The predicted molar refractivity (Wildman–Crippen MR) is 65.2 cm³/mol. The van der Waals surface area contributed by atoms with Crippen molar-refractivity contribution in [1.29, 1.82) is 0 Å². The maximum atomic E-state index is 13.8. The minimum absolute atomic E-state index is 0.00257. The van der Waals surface area contributed by atoms with Gasteiger partial charge in [-0.25, -0.2) is 8.78 Å². The van der Waals surface area contributed by atoms with Gasteiger partial charge in [0.2, 0.25) is 0 Å². The molecule has 0 bridgehead atoms. The number of rotatable bonds is 3. The Bertz CT molecular complexity index is 471. The number of anilines is 1. The van der Waals surface area contributed by atoms with Gasteiger partial charge in [0.15, 0.2) is 0 Å². The summed E-state index contributed by atoms with van der Waals surface area (Å²) in [5, 5.41) is 0. The lowest BCUT2D eigenvalue weighted by Gasteiger charge is -2.43. The zero-order valence-electron chi connectivity index (χ0n) is 10.8. The monoisotopic (exact) mass is 294 g/mol. The molecule has 1 aliphatic carbocycles. The average molecular weight is 294 g/mol. The van der Waals surface area contributed by atoms with Crippen molar-refractivity contribution in [3.8, 4) is 0 Å². The van der Waals surface area contributed by atoms with Crippen LogP contribution in [-0.4, -0.2) is 19.3 Å². The summed E-state index contributed by atoms with van der Waals surface area (Å²) in [6, 6.07) is 1.71. The highest BCUT2D eigenvalue weighted by Gasteiger charge is 2.49. The Kier molecular flexibility index (Phi) is 3.90. The smallest absolute Gasteiger partial charge is 0.367 e. The third kappa shape index (κ3) is 2.72. The molecule has 0 heterocycles. The number of nitrogens with two attached hydrogens (primary N) is 1. The average Bonchev–Trinajstić information content (AvgIpc) is 2.23. The summed E-state index contributed by atoms with van der Waals surface area (Å²) in [6.07, 6.45) is -4.52. The van der Waals surface area contributed by atoms with Crippen LogP contribution in [0.25, 0.3) is 0 Å². The normalized spacial score (nSPS) is 22.6. The topological polar surface area (TPSA) is 29.3 Å². The molecular weight excluding hydrogens is 279 g/mol. The molecule has 2 N–H and O–H groups in total. The second-order valence-electron chi connectivity index (χ2n) is 5.09. The minimum Gasteiger partial charge on any atom is -0.367 e. The second-order valence-corrected chi connectivity index (χ2v) is 5.09. The lowest BCUT2D eigenvalue weighted by atomic mass is 9.79. The largest absolute Gasteiger partial charge is 0.391 e. The first kappa shape index (κ1) is 15.0. The van der Waals surface area contributed by atoms with Crippen molar-refractivity contribution in [3.63, 3.8) is 0 Å². The maximum Gasteiger partial charge on any atom is 0.391 e. The molecule has 1 fully saturated rings. The van der Waals surface area contributed by atoms with E-state index in [1.165, 1.54) is 11.9 Å². The van der Waals surface area contributed by atoms with Gasteiger partial charge >= 0.3 is 6.18 Å². The summed E-state index contributed by atoms with van der Waals surface area (Å²) in [4.78, 5) is 1.24. The van der Waals surface area contributed by atoms with Crippen molar-refractivity contribution in [2.45, 2.75) is 31.6 Å². The fraction of sp³-hybridized carbons (Fsp3) is 0.538. The zero-order chi connectivity index (χ0) is 15.1. The molecule has 0 unspecified atom stereocenters. The van der Waals surface area contributed by atoms with E-state index in [1.54, 1.807) is 0 Å². The van der Waals surface area contributed by atoms with Crippen LogP contribution in [0, 0.1) is 17.6 Å². The molecule has 0 amide bonds. The number of alkyl halides is 3. The molecule has 20 heavy (non-hydrogen) atoms. The van der Waals surface area contributed by atoms with Gasteiger partial charge in [-0.1, -0.05) is 0 Å². The molecule has 2 rings (SSSR count). The van der Waals surface area contributed by atoms with Gasteiger partial charge in [0.1, 0.15) is 17.3 Å². The summed E-state index contributed by atoms with van der Waals surface area (Å²) in [7, 11) is 1.40. The molecule has 1 aliphatic rings. The Labute approximate surface area is 113 Å². The van der Waals surface area contributed by atoms with Gasteiger partial charge in [-0.2, -0.15) is 13.2 Å². The predicted octanol–water partition coefficient (Wildman–Crippen LogP) is 3.20. The lowest BCUT2D eigenvalue weighted by molar-refractivity contribution is -0.196. The third-order valence-electron chi connectivity index (χ3n) is 3.79. The molecule has 0 aliphatic heterocycles. The minimum atomic E-state index is -4.24. The summed E-state index contributed by atoms with van der Waals surface area (Å²) >= 11 is 0. The summed E-state index contributed by atoms with van der Waals surface area (Å²) < 4.78 is 64.9. The Morgan fingerprint density at radius 1 is 1.20 bits per heavy atom. The highest BCUT2D eigenvalue weighted by Crippen LogP contribution is 2.44. The number of hydrogen-bond donors (Lipinski definition) is 1. The first-order valence-corrected chi connectivity index (χ1v) is 6.21. The van der Waals surface area contributed by atoms with Crippen LogP contribution in [0.1, 0.15) is 18.4 Å².